The van der Waals surface area contributed by atoms with Gasteiger partial charge in [0.2, 0.25) is 0 Å². The Kier molecular flexibility index (Phi) is 5.24. The van der Waals surface area contributed by atoms with Crippen LogP contribution < -0.4 is 4.90 Å². The number of rotatable bonds is 5. The smallest absolute Gasteiger partial charge is 0.259 e. The summed E-state index contributed by atoms with van der Waals surface area (Å²) in [5.41, 5.74) is 1.93. The molecule has 3 aromatic rings. The van der Waals surface area contributed by atoms with E-state index in [0.717, 1.165) is 11.3 Å². The number of aromatic nitrogens is 1. The zero-order valence-corrected chi connectivity index (χ0v) is 13.8. The molecular weight excluding hydrogens is 320 g/mol. The lowest BCUT2D eigenvalue weighted by molar-refractivity contribution is 0.0984. The second kappa shape index (κ2) is 7.75. The van der Waals surface area contributed by atoms with E-state index in [9.17, 15) is 4.79 Å². The van der Waals surface area contributed by atoms with Crippen LogP contribution in [0.2, 0.25) is 0 Å². The van der Waals surface area contributed by atoms with Crippen LogP contribution in [0.1, 0.15) is 15.9 Å². The van der Waals surface area contributed by atoms with E-state index < -0.39 is 5.50 Å². The summed E-state index contributed by atoms with van der Waals surface area (Å²) in [4.78, 5) is 18.6. The summed E-state index contributed by atoms with van der Waals surface area (Å²) < 4.78 is 0. The van der Waals surface area contributed by atoms with Crippen molar-refractivity contribution in [3.63, 3.8) is 0 Å². The Bertz CT molecular complexity index is 779. The van der Waals surface area contributed by atoms with E-state index in [-0.39, 0.29) is 5.91 Å². The molecule has 1 unspecified atom stereocenters. The summed E-state index contributed by atoms with van der Waals surface area (Å²) in [6, 6.07) is 22.8. The number of halogens is 1. The Balaban J connectivity index is 1.92. The van der Waals surface area contributed by atoms with Gasteiger partial charge in [0, 0.05) is 30.1 Å². The molecule has 0 fully saturated rings. The number of para-hydroxylation sites is 1. The maximum atomic E-state index is 13.0. The Morgan fingerprint density at radius 2 is 1.50 bits per heavy atom. The largest absolute Gasteiger partial charge is 0.291 e. The summed E-state index contributed by atoms with van der Waals surface area (Å²) in [6.07, 6.45) is 3.78. The molecule has 0 saturated heterocycles. The van der Waals surface area contributed by atoms with E-state index in [0.29, 0.717) is 12.0 Å². The minimum atomic E-state index is -0.490. The van der Waals surface area contributed by atoms with Crippen LogP contribution in [0, 0.1) is 0 Å². The predicted molar refractivity (Wildman–Crippen MR) is 97.3 cm³/mol. The fourth-order valence-corrected chi connectivity index (χ4v) is 2.91. The molecule has 3 nitrogen and oxygen atoms in total. The first kappa shape index (κ1) is 16.2. The molecule has 120 valence electrons. The van der Waals surface area contributed by atoms with Crippen molar-refractivity contribution >= 4 is 23.2 Å². The van der Waals surface area contributed by atoms with Crippen LogP contribution in [-0.2, 0) is 6.42 Å². The summed E-state index contributed by atoms with van der Waals surface area (Å²) >= 11 is 6.65. The molecule has 1 aromatic heterocycles. The number of carbonyl (C=O) groups excluding carboxylic acids is 1. The lowest BCUT2D eigenvalue weighted by Crippen LogP contribution is -2.38. The first-order valence-electron chi connectivity index (χ1n) is 7.72. The quantitative estimate of drug-likeness (QED) is 0.506. The molecule has 24 heavy (non-hydrogen) atoms. The van der Waals surface area contributed by atoms with E-state index in [1.54, 1.807) is 29.4 Å². The maximum absolute atomic E-state index is 13.0. The highest BCUT2D eigenvalue weighted by molar-refractivity contribution is 6.25. The molecule has 2 aromatic carbocycles. The van der Waals surface area contributed by atoms with Crippen molar-refractivity contribution in [1.82, 2.24) is 4.98 Å². The highest BCUT2D eigenvalue weighted by atomic mass is 35.5. The van der Waals surface area contributed by atoms with Crippen molar-refractivity contribution in [2.75, 3.05) is 4.90 Å². The van der Waals surface area contributed by atoms with Gasteiger partial charge < -0.3 is 0 Å². The highest BCUT2D eigenvalue weighted by Crippen LogP contribution is 2.24. The van der Waals surface area contributed by atoms with Gasteiger partial charge in [-0.1, -0.05) is 60.1 Å². The van der Waals surface area contributed by atoms with Crippen molar-refractivity contribution in [2.45, 2.75) is 11.9 Å². The Morgan fingerprint density at radius 3 is 2.12 bits per heavy atom. The molecule has 0 aliphatic carbocycles. The topological polar surface area (TPSA) is 33.2 Å². The molecule has 4 heteroatoms. The lowest BCUT2D eigenvalue weighted by atomic mass is 10.1. The molecule has 1 amide bonds. The van der Waals surface area contributed by atoms with E-state index in [2.05, 4.69) is 4.98 Å². The third kappa shape index (κ3) is 3.81. The molecule has 1 atom stereocenters. The summed E-state index contributed by atoms with van der Waals surface area (Å²) in [6.45, 7) is 0. The number of nitrogens with zero attached hydrogens (tertiary/aromatic N) is 2. The number of alkyl halides is 1. The highest BCUT2D eigenvalue weighted by Gasteiger charge is 2.25. The molecule has 0 radical (unpaired) electrons. The molecule has 0 aliphatic heterocycles. The molecule has 0 spiro atoms. The fraction of sp³-hybridized carbons (Fsp3) is 0.100. The van der Waals surface area contributed by atoms with Gasteiger partial charge in [-0.3, -0.25) is 14.7 Å². The zero-order chi connectivity index (χ0) is 16.8. The number of anilines is 1. The Hall–Kier alpha value is -2.65. The third-order valence-electron chi connectivity index (χ3n) is 3.71. The lowest BCUT2D eigenvalue weighted by Gasteiger charge is -2.28. The monoisotopic (exact) mass is 336 g/mol. The van der Waals surface area contributed by atoms with Crippen molar-refractivity contribution in [1.29, 1.82) is 0 Å². The zero-order valence-electron chi connectivity index (χ0n) is 13.0. The number of hydrogen-bond acceptors (Lipinski definition) is 2. The van der Waals surface area contributed by atoms with Gasteiger partial charge in [0.15, 0.2) is 0 Å². The third-order valence-corrected chi connectivity index (χ3v) is 4.06. The molecular formula is C20H17ClN2O. The second-order valence-corrected chi connectivity index (χ2v) is 5.87. The molecule has 1 heterocycles. The van der Waals surface area contributed by atoms with Crippen LogP contribution in [0.25, 0.3) is 0 Å². The van der Waals surface area contributed by atoms with Gasteiger partial charge in [-0.15, -0.1) is 0 Å². The average Bonchev–Trinajstić information content (AvgIpc) is 2.64. The summed E-state index contributed by atoms with van der Waals surface area (Å²) in [7, 11) is 0. The number of carbonyl (C=O) groups is 1. The molecule has 0 saturated carbocycles. The first-order valence-corrected chi connectivity index (χ1v) is 8.16. The fourth-order valence-electron chi connectivity index (χ4n) is 2.53. The van der Waals surface area contributed by atoms with E-state index in [1.807, 2.05) is 60.7 Å². The SMILES string of the molecule is O=C(c1ccncc1)N(c1ccccc1)C(Cl)Cc1ccccc1. The molecule has 0 bridgehead atoms. The van der Waals surface area contributed by atoms with Crippen molar-refractivity contribution in [3.05, 3.63) is 96.3 Å². The summed E-state index contributed by atoms with van der Waals surface area (Å²) in [5.74, 6) is -0.139. The van der Waals surface area contributed by atoms with Gasteiger partial charge in [-0.25, -0.2) is 0 Å². The minimum absolute atomic E-state index is 0.139. The second-order valence-electron chi connectivity index (χ2n) is 5.37. The number of hydrogen-bond donors (Lipinski definition) is 0. The van der Waals surface area contributed by atoms with E-state index >= 15 is 0 Å². The Labute approximate surface area is 146 Å². The van der Waals surface area contributed by atoms with Gasteiger partial charge >= 0.3 is 0 Å². The van der Waals surface area contributed by atoms with Gasteiger partial charge in [0.25, 0.3) is 5.91 Å². The number of benzene rings is 2. The van der Waals surface area contributed by atoms with Crippen molar-refractivity contribution in [3.8, 4) is 0 Å². The van der Waals surface area contributed by atoms with Crippen molar-refractivity contribution in [2.24, 2.45) is 0 Å². The first-order chi connectivity index (χ1) is 11.8. The van der Waals surface area contributed by atoms with Gasteiger partial charge in [-0.2, -0.15) is 0 Å². The normalized spacial score (nSPS) is 11.7. The summed E-state index contributed by atoms with van der Waals surface area (Å²) in [5, 5.41) is 0. The van der Waals surface area contributed by atoms with Crippen LogP contribution in [-0.4, -0.2) is 16.4 Å². The molecule has 3 rings (SSSR count). The number of amides is 1. The van der Waals surface area contributed by atoms with Gasteiger partial charge in [0.1, 0.15) is 5.50 Å². The van der Waals surface area contributed by atoms with E-state index in [4.69, 9.17) is 11.6 Å². The van der Waals surface area contributed by atoms with Crippen LogP contribution in [0.15, 0.2) is 85.2 Å². The van der Waals surface area contributed by atoms with Gasteiger partial charge in [0.05, 0.1) is 0 Å². The Morgan fingerprint density at radius 1 is 0.917 bits per heavy atom. The molecule has 0 aliphatic rings. The van der Waals surface area contributed by atoms with Crippen molar-refractivity contribution < 1.29 is 4.79 Å². The number of pyridine rings is 1. The van der Waals surface area contributed by atoms with Crippen LogP contribution in [0.4, 0.5) is 5.69 Å². The van der Waals surface area contributed by atoms with E-state index in [1.165, 1.54) is 0 Å². The van der Waals surface area contributed by atoms with Crippen LogP contribution in [0.3, 0.4) is 0 Å². The average molecular weight is 337 g/mol. The standard InChI is InChI=1S/C20H17ClN2O/c21-19(15-16-7-3-1-4-8-16)23(18-9-5-2-6-10-18)20(24)17-11-13-22-14-12-17/h1-14,19H,15H2. The minimum Gasteiger partial charge on any atom is -0.291 e. The maximum Gasteiger partial charge on any atom is 0.259 e. The van der Waals surface area contributed by atoms with Gasteiger partial charge in [-0.05, 0) is 29.8 Å². The molecule has 0 N–H and O–H groups in total. The predicted octanol–water partition coefficient (Wildman–Crippen LogP) is 4.54. The van der Waals surface area contributed by atoms with Crippen LogP contribution >= 0.6 is 11.6 Å². The van der Waals surface area contributed by atoms with Crippen LogP contribution in [0.5, 0.6) is 0 Å².